The van der Waals surface area contributed by atoms with Crippen LogP contribution < -0.4 is 5.73 Å². The quantitative estimate of drug-likeness (QED) is 0.856. The van der Waals surface area contributed by atoms with Gasteiger partial charge in [0.2, 0.25) is 0 Å². The van der Waals surface area contributed by atoms with Crippen molar-refractivity contribution >= 4 is 22.8 Å². The molecule has 0 saturated heterocycles. The molecule has 1 aromatic carbocycles. The van der Waals surface area contributed by atoms with Crippen molar-refractivity contribution in [3.8, 4) is 0 Å². The smallest absolute Gasteiger partial charge is 0.124 e. The Labute approximate surface area is 99.8 Å². The zero-order chi connectivity index (χ0) is 11.5. The summed E-state index contributed by atoms with van der Waals surface area (Å²) >= 11 is 1.81. The summed E-state index contributed by atoms with van der Waals surface area (Å²) in [6.45, 7) is 2.07. The second-order valence-corrected chi connectivity index (χ2v) is 4.97. The molecule has 0 saturated carbocycles. The number of nitrogens with one attached hydrogen (secondary N) is 1. The first-order valence-electron chi connectivity index (χ1n) is 5.42. The van der Waals surface area contributed by atoms with E-state index in [0.29, 0.717) is 0 Å². The van der Waals surface area contributed by atoms with Gasteiger partial charge in [-0.2, -0.15) is 11.8 Å². The highest BCUT2D eigenvalue weighted by Crippen LogP contribution is 2.20. The van der Waals surface area contributed by atoms with Gasteiger partial charge in [-0.15, -0.1) is 0 Å². The van der Waals surface area contributed by atoms with E-state index in [1.165, 1.54) is 5.56 Å². The molecule has 4 heteroatoms. The lowest BCUT2D eigenvalue weighted by molar-refractivity contribution is 0.666. The molecule has 0 unspecified atom stereocenters. The van der Waals surface area contributed by atoms with Crippen LogP contribution in [0.3, 0.4) is 0 Å². The van der Waals surface area contributed by atoms with Gasteiger partial charge >= 0.3 is 0 Å². The molecule has 3 nitrogen and oxygen atoms in total. The Morgan fingerprint density at radius 2 is 2.31 bits per heavy atom. The molecule has 0 aliphatic rings. The molecular formula is C12H17N3S. The minimum atomic E-state index is 0.0132. The van der Waals surface area contributed by atoms with E-state index in [-0.39, 0.29) is 6.04 Å². The summed E-state index contributed by atoms with van der Waals surface area (Å²) in [5, 5.41) is 0. The molecule has 1 heterocycles. The van der Waals surface area contributed by atoms with Gasteiger partial charge in [0, 0.05) is 0 Å². The summed E-state index contributed by atoms with van der Waals surface area (Å²) in [5.41, 5.74) is 9.40. The van der Waals surface area contributed by atoms with Crippen molar-refractivity contribution in [3.05, 3.63) is 29.6 Å². The second-order valence-electron chi connectivity index (χ2n) is 3.98. The van der Waals surface area contributed by atoms with Crippen LogP contribution >= 0.6 is 11.8 Å². The number of aryl methyl sites for hydroxylation is 1. The van der Waals surface area contributed by atoms with Gasteiger partial charge in [-0.3, -0.25) is 0 Å². The Kier molecular flexibility index (Phi) is 3.51. The van der Waals surface area contributed by atoms with Crippen molar-refractivity contribution in [2.24, 2.45) is 5.73 Å². The van der Waals surface area contributed by atoms with Crippen molar-refractivity contribution in [1.82, 2.24) is 9.97 Å². The van der Waals surface area contributed by atoms with E-state index in [4.69, 9.17) is 5.73 Å². The number of benzene rings is 1. The summed E-state index contributed by atoms with van der Waals surface area (Å²) in [6, 6.07) is 6.16. The lowest BCUT2D eigenvalue weighted by Crippen LogP contribution is -2.12. The number of H-pyrrole nitrogens is 1. The van der Waals surface area contributed by atoms with Gasteiger partial charge in [0.1, 0.15) is 5.82 Å². The molecule has 2 aromatic rings. The first kappa shape index (κ1) is 11.5. The Morgan fingerprint density at radius 3 is 3.00 bits per heavy atom. The first-order valence-corrected chi connectivity index (χ1v) is 6.81. The number of aromatic amines is 1. The van der Waals surface area contributed by atoms with E-state index in [0.717, 1.165) is 29.0 Å². The molecule has 0 bridgehead atoms. The Morgan fingerprint density at radius 1 is 1.50 bits per heavy atom. The van der Waals surface area contributed by atoms with E-state index in [1.807, 2.05) is 23.9 Å². The minimum absolute atomic E-state index is 0.0132. The van der Waals surface area contributed by atoms with Gasteiger partial charge in [-0.05, 0) is 37.0 Å². The maximum absolute atomic E-state index is 6.09. The molecule has 1 atom stereocenters. The maximum atomic E-state index is 6.09. The number of para-hydroxylation sites is 1. The standard InChI is InChI=1S/C12H17N3S/c1-8-4-3-5-10-11(8)15-12(14-10)9(13)6-7-16-2/h3-5,9H,6-7,13H2,1-2H3,(H,14,15)/t9-/m0/s1. The summed E-state index contributed by atoms with van der Waals surface area (Å²) in [5.74, 6) is 1.97. The second kappa shape index (κ2) is 4.89. The fourth-order valence-corrected chi connectivity index (χ4v) is 2.24. The Balaban J connectivity index is 2.29. The van der Waals surface area contributed by atoms with Gasteiger partial charge in [-0.1, -0.05) is 12.1 Å². The largest absolute Gasteiger partial charge is 0.341 e. The summed E-state index contributed by atoms with van der Waals surface area (Å²) in [6.07, 6.45) is 3.05. The number of fused-ring (bicyclic) bond motifs is 1. The molecule has 0 aliphatic carbocycles. The van der Waals surface area contributed by atoms with E-state index in [9.17, 15) is 0 Å². The highest BCUT2D eigenvalue weighted by atomic mass is 32.2. The molecule has 0 amide bonds. The highest BCUT2D eigenvalue weighted by Gasteiger charge is 2.11. The molecule has 0 radical (unpaired) electrons. The van der Waals surface area contributed by atoms with Crippen LogP contribution in [0.1, 0.15) is 23.9 Å². The number of imidazole rings is 1. The minimum Gasteiger partial charge on any atom is -0.341 e. The van der Waals surface area contributed by atoms with Crippen molar-refractivity contribution in [3.63, 3.8) is 0 Å². The van der Waals surface area contributed by atoms with Gasteiger partial charge in [0.25, 0.3) is 0 Å². The average molecular weight is 235 g/mol. The third-order valence-corrected chi connectivity index (χ3v) is 3.36. The summed E-state index contributed by atoms with van der Waals surface area (Å²) in [7, 11) is 0. The van der Waals surface area contributed by atoms with E-state index in [2.05, 4.69) is 29.2 Å². The topological polar surface area (TPSA) is 54.7 Å². The van der Waals surface area contributed by atoms with Gasteiger partial charge in [0.15, 0.2) is 0 Å². The van der Waals surface area contributed by atoms with E-state index >= 15 is 0 Å². The third-order valence-electron chi connectivity index (χ3n) is 2.72. The zero-order valence-electron chi connectivity index (χ0n) is 9.66. The molecular weight excluding hydrogens is 218 g/mol. The SMILES string of the molecule is CSCC[C@H](N)c1nc2c(C)cccc2[nH]1. The van der Waals surface area contributed by atoms with Crippen LogP contribution in [0.5, 0.6) is 0 Å². The summed E-state index contributed by atoms with van der Waals surface area (Å²) < 4.78 is 0. The Hall–Kier alpha value is -1.00. The highest BCUT2D eigenvalue weighted by molar-refractivity contribution is 7.98. The third kappa shape index (κ3) is 2.23. The number of thioether (sulfide) groups is 1. The van der Waals surface area contributed by atoms with Gasteiger partial charge < -0.3 is 10.7 Å². The fourth-order valence-electron chi connectivity index (χ4n) is 1.75. The number of rotatable bonds is 4. The number of nitrogens with zero attached hydrogens (tertiary/aromatic N) is 1. The van der Waals surface area contributed by atoms with Crippen LogP contribution in [0.4, 0.5) is 0 Å². The van der Waals surface area contributed by atoms with E-state index in [1.54, 1.807) is 0 Å². The molecule has 3 N–H and O–H groups in total. The van der Waals surface area contributed by atoms with Crippen molar-refractivity contribution in [2.75, 3.05) is 12.0 Å². The number of nitrogens with two attached hydrogens (primary N) is 1. The zero-order valence-corrected chi connectivity index (χ0v) is 10.5. The lowest BCUT2D eigenvalue weighted by atomic mass is 10.2. The first-order chi connectivity index (χ1) is 7.72. The number of hydrogen-bond acceptors (Lipinski definition) is 3. The van der Waals surface area contributed by atoms with Crippen LogP contribution in [0.25, 0.3) is 11.0 Å². The fraction of sp³-hybridized carbons (Fsp3) is 0.417. The molecule has 0 aliphatic heterocycles. The predicted molar refractivity (Wildman–Crippen MR) is 70.8 cm³/mol. The van der Waals surface area contributed by atoms with Crippen molar-refractivity contribution in [2.45, 2.75) is 19.4 Å². The molecule has 1 aromatic heterocycles. The maximum Gasteiger partial charge on any atom is 0.124 e. The van der Waals surface area contributed by atoms with Crippen LogP contribution in [0.2, 0.25) is 0 Å². The van der Waals surface area contributed by atoms with Crippen LogP contribution in [0, 0.1) is 6.92 Å². The molecule has 0 spiro atoms. The monoisotopic (exact) mass is 235 g/mol. The summed E-state index contributed by atoms with van der Waals surface area (Å²) in [4.78, 5) is 7.87. The van der Waals surface area contributed by atoms with Gasteiger partial charge in [0.05, 0.1) is 17.1 Å². The lowest BCUT2D eigenvalue weighted by Gasteiger charge is -2.06. The Bertz CT molecular complexity index is 478. The molecule has 2 rings (SSSR count). The predicted octanol–water partition coefficient (Wildman–Crippen LogP) is 2.62. The van der Waals surface area contributed by atoms with E-state index < -0.39 is 0 Å². The van der Waals surface area contributed by atoms with Crippen molar-refractivity contribution in [1.29, 1.82) is 0 Å². The molecule has 16 heavy (non-hydrogen) atoms. The number of hydrogen-bond donors (Lipinski definition) is 2. The number of aromatic nitrogens is 2. The van der Waals surface area contributed by atoms with Crippen LogP contribution in [-0.4, -0.2) is 22.0 Å². The van der Waals surface area contributed by atoms with Gasteiger partial charge in [-0.25, -0.2) is 4.98 Å². The normalized spacial score (nSPS) is 13.2. The average Bonchev–Trinajstić information content (AvgIpc) is 2.71. The molecule has 0 fully saturated rings. The van der Waals surface area contributed by atoms with Crippen molar-refractivity contribution < 1.29 is 0 Å². The van der Waals surface area contributed by atoms with Crippen LogP contribution in [-0.2, 0) is 0 Å². The van der Waals surface area contributed by atoms with Crippen LogP contribution in [0.15, 0.2) is 18.2 Å². The molecule has 86 valence electrons.